The number of nitrogens with zero attached hydrogens (tertiary/aromatic N) is 2. The molecule has 20 heavy (non-hydrogen) atoms. The summed E-state index contributed by atoms with van der Waals surface area (Å²) < 4.78 is 6.40. The average Bonchev–Trinajstić information content (AvgIpc) is 2.78. The number of aliphatic carboxylic acids is 1. The number of imidazole rings is 1. The van der Waals surface area contributed by atoms with Gasteiger partial charge in [-0.1, -0.05) is 12.7 Å². The minimum atomic E-state index is -0.971. The summed E-state index contributed by atoms with van der Waals surface area (Å²) in [5.74, 6) is -0.586. The van der Waals surface area contributed by atoms with Crippen LogP contribution in [0, 0.1) is 0 Å². The van der Waals surface area contributed by atoms with Gasteiger partial charge >= 0.3 is 12.1 Å². The van der Waals surface area contributed by atoms with E-state index in [4.69, 9.17) is 9.84 Å². The number of pyridine rings is 1. The third kappa shape index (κ3) is 3.14. The Morgan fingerprint density at radius 1 is 1.50 bits per heavy atom. The summed E-state index contributed by atoms with van der Waals surface area (Å²) >= 11 is 0. The third-order valence-electron chi connectivity index (χ3n) is 2.49. The second-order valence-corrected chi connectivity index (χ2v) is 3.97. The average molecular weight is 275 g/mol. The number of amides is 1. The van der Waals surface area contributed by atoms with Gasteiger partial charge in [-0.2, -0.15) is 0 Å². The lowest BCUT2D eigenvalue weighted by atomic mass is 10.3. The van der Waals surface area contributed by atoms with Gasteiger partial charge in [-0.15, -0.1) is 0 Å². The second-order valence-electron chi connectivity index (χ2n) is 3.97. The van der Waals surface area contributed by atoms with Crippen molar-refractivity contribution in [1.29, 1.82) is 0 Å². The monoisotopic (exact) mass is 275 g/mol. The zero-order chi connectivity index (χ0) is 14.5. The maximum absolute atomic E-state index is 11.4. The molecule has 0 atom stereocenters. The van der Waals surface area contributed by atoms with Gasteiger partial charge in [-0.3, -0.25) is 10.1 Å². The normalized spacial score (nSPS) is 10.2. The Hall–Kier alpha value is -2.83. The number of aromatic nitrogens is 2. The molecular formula is C13H13N3O4. The van der Waals surface area contributed by atoms with Crippen LogP contribution in [-0.4, -0.2) is 33.2 Å². The number of carboxylic acids is 1. The highest BCUT2D eigenvalue weighted by molar-refractivity contribution is 5.84. The minimum absolute atomic E-state index is 0.115. The van der Waals surface area contributed by atoms with Crippen molar-refractivity contribution >= 4 is 23.3 Å². The molecule has 2 rings (SSSR count). The predicted molar refractivity (Wildman–Crippen MR) is 71.7 cm³/mol. The van der Waals surface area contributed by atoms with Crippen LogP contribution in [0.2, 0.25) is 0 Å². The van der Waals surface area contributed by atoms with Gasteiger partial charge in [0, 0.05) is 6.20 Å². The molecule has 2 aromatic rings. The fourth-order valence-electron chi connectivity index (χ4n) is 1.67. The van der Waals surface area contributed by atoms with Crippen LogP contribution in [0.4, 0.5) is 10.5 Å². The lowest BCUT2D eigenvalue weighted by Crippen LogP contribution is -2.14. The van der Waals surface area contributed by atoms with E-state index in [0.717, 1.165) is 5.52 Å². The number of carboxylic acid groups (broad SMARTS) is 1. The topological polar surface area (TPSA) is 92.9 Å². The molecule has 7 nitrogen and oxygen atoms in total. The molecule has 0 saturated carbocycles. The lowest BCUT2D eigenvalue weighted by molar-refractivity contribution is -0.136. The Morgan fingerprint density at radius 3 is 3.00 bits per heavy atom. The first kappa shape index (κ1) is 13.6. The van der Waals surface area contributed by atoms with Crippen molar-refractivity contribution in [1.82, 2.24) is 9.38 Å². The van der Waals surface area contributed by atoms with E-state index in [1.54, 1.807) is 28.9 Å². The van der Waals surface area contributed by atoms with E-state index in [-0.39, 0.29) is 13.0 Å². The molecule has 0 saturated heterocycles. The summed E-state index contributed by atoms with van der Waals surface area (Å²) in [6, 6.07) is 3.40. The van der Waals surface area contributed by atoms with E-state index < -0.39 is 12.1 Å². The predicted octanol–water partition coefficient (Wildman–Crippen LogP) is 1.70. The van der Waals surface area contributed by atoms with Gasteiger partial charge in [0.1, 0.15) is 18.9 Å². The molecule has 2 aromatic heterocycles. The highest BCUT2D eigenvalue weighted by Crippen LogP contribution is 2.14. The Morgan fingerprint density at radius 2 is 2.30 bits per heavy atom. The molecule has 2 heterocycles. The molecule has 0 aromatic carbocycles. The van der Waals surface area contributed by atoms with Crippen molar-refractivity contribution in [2.75, 3.05) is 11.9 Å². The molecule has 0 unspecified atom stereocenters. The molecule has 0 bridgehead atoms. The number of nitrogens with one attached hydrogen (secondary N) is 1. The zero-order valence-corrected chi connectivity index (χ0v) is 10.6. The summed E-state index contributed by atoms with van der Waals surface area (Å²) in [5.41, 5.74) is 1.22. The Bertz CT molecular complexity index is 663. The maximum Gasteiger partial charge on any atom is 0.411 e. The van der Waals surface area contributed by atoms with E-state index in [1.807, 2.05) is 0 Å². The number of hydrogen-bond acceptors (Lipinski definition) is 4. The quantitative estimate of drug-likeness (QED) is 0.810. The lowest BCUT2D eigenvalue weighted by Gasteiger charge is -2.06. The molecule has 104 valence electrons. The standard InChI is InChI=1S/C13H13N3O4/c1-2-5-20-13(19)15-9-3-4-10-7-14-11(6-12(17)18)16(10)8-9/h2-4,7-8H,1,5-6H2,(H,15,19)(H,17,18). The zero-order valence-electron chi connectivity index (χ0n) is 10.6. The number of hydrogen-bond donors (Lipinski definition) is 2. The van der Waals surface area contributed by atoms with Gasteiger partial charge < -0.3 is 14.2 Å². The molecule has 0 spiro atoms. The van der Waals surface area contributed by atoms with E-state index in [2.05, 4.69) is 16.9 Å². The molecule has 0 fully saturated rings. The van der Waals surface area contributed by atoms with Crippen LogP contribution < -0.4 is 5.32 Å². The Balaban J connectivity index is 2.20. The molecule has 7 heteroatoms. The van der Waals surface area contributed by atoms with Crippen LogP contribution in [0.1, 0.15) is 5.82 Å². The number of ether oxygens (including phenoxy) is 1. The number of carbonyl (C=O) groups excluding carboxylic acids is 1. The molecule has 2 N–H and O–H groups in total. The summed E-state index contributed by atoms with van der Waals surface area (Å²) in [7, 11) is 0. The summed E-state index contributed by atoms with van der Waals surface area (Å²) in [4.78, 5) is 26.2. The fraction of sp³-hybridized carbons (Fsp3) is 0.154. The van der Waals surface area contributed by atoms with Crippen molar-refractivity contribution in [3.8, 4) is 0 Å². The summed E-state index contributed by atoms with van der Waals surface area (Å²) in [6.07, 6.45) is 3.82. The first-order valence-electron chi connectivity index (χ1n) is 5.82. The maximum atomic E-state index is 11.4. The van der Waals surface area contributed by atoms with Gasteiger partial charge in [-0.05, 0) is 12.1 Å². The summed E-state index contributed by atoms with van der Waals surface area (Å²) in [6.45, 7) is 3.55. The highest BCUT2D eigenvalue weighted by Gasteiger charge is 2.09. The van der Waals surface area contributed by atoms with Crippen molar-refractivity contribution < 1.29 is 19.4 Å². The van der Waals surface area contributed by atoms with Gasteiger partial charge in [0.2, 0.25) is 0 Å². The molecule has 0 aliphatic heterocycles. The highest BCUT2D eigenvalue weighted by atomic mass is 16.5. The Labute approximate surface area is 114 Å². The van der Waals surface area contributed by atoms with Crippen molar-refractivity contribution in [2.24, 2.45) is 0 Å². The largest absolute Gasteiger partial charge is 0.481 e. The molecule has 0 aliphatic carbocycles. The Kier molecular flexibility index (Phi) is 3.99. The molecule has 0 radical (unpaired) electrons. The van der Waals surface area contributed by atoms with E-state index in [0.29, 0.717) is 11.5 Å². The third-order valence-corrected chi connectivity index (χ3v) is 2.49. The van der Waals surface area contributed by atoms with Crippen LogP contribution in [-0.2, 0) is 16.0 Å². The molecular weight excluding hydrogens is 262 g/mol. The number of carbonyl (C=O) groups is 2. The SMILES string of the molecule is C=CCOC(=O)Nc1ccc2cnc(CC(=O)O)n2c1. The van der Waals surface area contributed by atoms with Gasteiger partial charge in [0.05, 0.1) is 17.4 Å². The van der Waals surface area contributed by atoms with Gasteiger partial charge in [-0.25, -0.2) is 9.78 Å². The second kappa shape index (κ2) is 5.87. The van der Waals surface area contributed by atoms with Gasteiger partial charge in [0.15, 0.2) is 0 Å². The first-order chi connectivity index (χ1) is 9.60. The van der Waals surface area contributed by atoms with Crippen LogP contribution in [0.25, 0.3) is 5.52 Å². The van der Waals surface area contributed by atoms with E-state index in [9.17, 15) is 9.59 Å². The minimum Gasteiger partial charge on any atom is -0.481 e. The number of anilines is 1. The van der Waals surface area contributed by atoms with Crippen LogP contribution in [0.5, 0.6) is 0 Å². The van der Waals surface area contributed by atoms with Crippen molar-refractivity contribution in [2.45, 2.75) is 6.42 Å². The van der Waals surface area contributed by atoms with Crippen LogP contribution in [0.15, 0.2) is 37.2 Å². The van der Waals surface area contributed by atoms with Crippen LogP contribution >= 0.6 is 0 Å². The summed E-state index contributed by atoms with van der Waals surface area (Å²) in [5, 5.41) is 11.3. The van der Waals surface area contributed by atoms with Gasteiger partial charge in [0.25, 0.3) is 0 Å². The molecule has 0 aliphatic rings. The fourth-order valence-corrected chi connectivity index (χ4v) is 1.67. The molecule has 1 amide bonds. The number of fused-ring (bicyclic) bond motifs is 1. The van der Waals surface area contributed by atoms with Crippen LogP contribution in [0.3, 0.4) is 0 Å². The van der Waals surface area contributed by atoms with Crippen molar-refractivity contribution in [3.63, 3.8) is 0 Å². The van der Waals surface area contributed by atoms with E-state index in [1.165, 1.54) is 6.08 Å². The number of rotatable bonds is 5. The smallest absolute Gasteiger partial charge is 0.411 e. The van der Waals surface area contributed by atoms with E-state index >= 15 is 0 Å². The first-order valence-corrected chi connectivity index (χ1v) is 5.82. The van der Waals surface area contributed by atoms with Crippen molar-refractivity contribution in [3.05, 3.63) is 43.0 Å².